The van der Waals surface area contributed by atoms with Gasteiger partial charge in [-0.2, -0.15) is 0 Å². The number of benzene rings is 2. The first-order valence-corrected chi connectivity index (χ1v) is 19.5. The van der Waals surface area contributed by atoms with Crippen molar-refractivity contribution in [1.29, 1.82) is 0 Å². The summed E-state index contributed by atoms with van der Waals surface area (Å²) in [7, 11) is 2.95. The molecular formula is C37H47N5O8S2. The summed E-state index contributed by atoms with van der Waals surface area (Å²) < 4.78 is 5.59. The summed E-state index contributed by atoms with van der Waals surface area (Å²) in [6.07, 6.45) is 1.35. The lowest BCUT2D eigenvalue weighted by Gasteiger charge is -2.30. The van der Waals surface area contributed by atoms with E-state index in [1.807, 2.05) is 45.0 Å². The van der Waals surface area contributed by atoms with Gasteiger partial charge in [-0.1, -0.05) is 90.9 Å². The molecule has 3 aromatic rings. The first kappa shape index (κ1) is 40.3. The van der Waals surface area contributed by atoms with Crippen LogP contribution in [0.2, 0.25) is 0 Å². The van der Waals surface area contributed by atoms with Crippen LogP contribution in [0.3, 0.4) is 0 Å². The number of nitrogens with zero attached hydrogens (tertiary/aromatic N) is 1. The minimum absolute atomic E-state index is 0.00820. The molecule has 0 spiro atoms. The molecule has 5 N–H and O–H groups in total. The lowest BCUT2D eigenvalue weighted by atomic mass is 10.0. The Morgan fingerprint density at radius 2 is 1.63 bits per heavy atom. The number of H-pyrrole nitrogens is 1. The lowest BCUT2D eigenvalue weighted by molar-refractivity contribution is -0.163. The number of aromatic nitrogens is 1. The van der Waals surface area contributed by atoms with Gasteiger partial charge in [0.05, 0.1) is 0 Å². The van der Waals surface area contributed by atoms with Crippen LogP contribution in [0.5, 0.6) is 0 Å². The van der Waals surface area contributed by atoms with Crippen molar-refractivity contribution in [3.63, 3.8) is 0 Å². The molecule has 280 valence electrons. The van der Waals surface area contributed by atoms with Crippen molar-refractivity contribution in [2.45, 2.75) is 95.3 Å². The molecule has 1 fully saturated rings. The van der Waals surface area contributed by atoms with Crippen molar-refractivity contribution in [2.75, 3.05) is 12.3 Å². The van der Waals surface area contributed by atoms with Crippen LogP contribution >= 0.6 is 21.6 Å². The second-order valence-electron chi connectivity index (χ2n) is 13.7. The Kier molecular flexibility index (Phi) is 14.2. The number of aliphatic carboxylic acids is 1. The van der Waals surface area contributed by atoms with Crippen LogP contribution in [0.1, 0.15) is 58.6 Å². The first-order valence-electron chi connectivity index (χ1n) is 17.1. The zero-order valence-electron chi connectivity index (χ0n) is 30.0. The van der Waals surface area contributed by atoms with Gasteiger partial charge < -0.3 is 35.7 Å². The highest BCUT2D eigenvalue weighted by atomic mass is 33.1. The molecule has 0 unspecified atom stereocenters. The van der Waals surface area contributed by atoms with Gasteiger partial charge >= 0.3 is 11.9 Å². The number of carbonyl (C=O) groups excluding carboxylic acids is 5. The van der Waals surface area contributed by atoms with Crippen molar-refractivity contribution in [2.24, 2.45) is 0 Å². The van der Waals surface area contributed by atoms with Crippen LogP contribution in [0.15, 0.2) is 60.8 Å². The predicted octanol–water partition coefficient (Wildman–Crippen LogP) is 3.61. The quantitative estimate of drug-likeness (QED) is 0.107. The maximum Gasteiger partial charge on any atom is 0.329 e. The van der Waals surface area contributed by atoms with E-state index in [1.165, 1.54) is 29.5 Å². The van der Waals surface area contributed by atoms with Gasteiger partial charge in [-0.3, -0.25) is 24.0 Å². The fourth-order valence-electron chi connectivity index (χ4n) is 5.78. The number of carboxylic acids is 1. The number of ether oxygens (including phenoxy) is 1. The van der Waals surface area contributed by atoms with Gasteiger partial charge in [-0.15, -0.1) is 0 Å². The monoisotopic (exact) mass is 753 g/mol. The third-order valence-corrected chi connectivity index (χ3v) is 11.7. The maximum absolute atomic E-state index is 14.3. The number of nitrogens with one attached hydrogen (secondary N) is 4. The molecule has 52 heavy (non-hydrogen) atoms. The highest BCUT2D eigenvalue weighted by Crippen LogP contribution is 2.36. The van der Waals surface area contributed by atoms with Crippen LogP contribution in [-0.4, -0.2) is 97.9 Å². The number of para-hydroxylation sites is 1. The predicted molar refractivity (Wildman–Crippen MR) is 201 cm³/mol. The fourth-order valence-corrected chi connectivity index (χ4v) is 8.24. The van der Waals surface area contributed by atoms with Crippen LogP contribution < -0.4 is 16.0 Å². The average Bonchev–Trinajstić information content (AvgIpc) is 3.74. The zero-order chi connectivity index (χ0) is 38.0. The number of esters is 1. The van der Waals surface area contributed by atoms with E-state index in [4.69, 9.17) is 4.74 Å². The maximum atomic E-state index is 14.3. The van der Waals surface area contributed by atoms with Crippen LogP contribution in [0, 0.1) is 0 Å². The number of likely N-dealkylation sites (tertiary alicyclic amines) is 1. The number of hydrogen-bond donors (Lipinski definition) is 5. The molecule has 2 aromatic carbocycles. The third kappa shape index (κ3) is 11.5. The highest BCUT2D eigenvalue weighted by molar-refractivity contribution is 8.77. The van der Waals surface area contributed by atoms with Crippen molar-refractivity contribution >= 4 is 68.1 Å². The van der Waals surface area contributed by atoms with E-state index in [0.29, 0.717) is 12.0 Å². The molecule has 0 bridgehead atoms. The Labute approximate surface area is 311 Å². The molecule has 2 heterocycles. The summed E-state index contributed by atoms with van der Waals surface area (Å²) in [5.41, 5.74) is 2.39. The average molecular weight is 754 g/mol. The largest absolute Gasteiger partial charge is 0.480 e. The first-order chi connectivity index (χ1) is 24.6. The molecule has 1 aromatic heterocycles. The van der Waals surface area contributed by atoms with E-state index >= 15 is 0 Å². The molecule has 5 atom stereocenters. The molecule has 0 radical (unpaired) electrons. The number of hydrogen-bond acceptors (Lipinski definition) is 9. The van der Waals surface area contributed by atoms with Gasteiger partial charge in [-0.05, 0) is 37.0 Å². The molecule has 1 aliphatic heterocycles. The minimum atomic E-state index is -1.36. The lowest BCUT2D eigenvalue weighted by Crippen LogP contribution is -2.57. The smallest absolute Gasteiger partial charge is 0.329 e. The van der Waals surface area contributed by atoms with E-state index in [9.17, 15) is 33.9 Å². The van der Waals surface area contributed by atoms with Crippen LogP contribution in [-0.2, 0) is 46.3 Å². The molecule has 0 saturated carbocycles. The van der Waals surface area contributed by atoms with Crippen molar-refractivity contribution < 1.29 is 38.6 Å². The molecule has 15 heteroatoms. The number of amides is 4. The molecule has 13 nitrogen and oxygen atoms in total. The molecule has 1 saturated heterocycles. The second-order valence-corrected chi connectivity index (χ2v) is 16.9. The second kappa shape index (κ2) is 18.3. The van der Waals surface area contributed by atoms with Crippen molar-refractivity contribution in [1.82, 2.24) is 25.8 Å². The van der Waals surface area contributed by atoms with E-state index in [1.54, 1.807) is 47.3 Å². The normalized spacial score (nSPS) is 16.7. The van der Waals surface area contributed by atoms with Crippen molar-refractivity contribution in [3.8, 4) is 0 Å². The Bertz CT molecular complexity index is 1740. The SMILES string of the molecule is CC(=O)N[C@@H](Cc1c[nH]c2ccccc12)C(=O)N[C@@H](CSSC(C)(C)C)C(=O)N1CCC[C@H]1C(=O)O[C@@H](Cc1ccccc1)C(=O)N[C@@H](C)C(=O)O. The summed E-state index contributed by atoms with van der Waals surface area (Å²) in [4.78, 5) is 83.3. The van der Waals surface area contributed by atoms with E-state index in [2.05, 4.69) is 20.9 Å². The van der Waals surface area contributed by atoms with Gasteiger partial charge in [0, 0.05) is 53.9 Å². The fraction of sp³-hybridized carbons (Fsp3) is 0.459. The highest BCUT2D eigenvalue weighted by Gasteiger charge is 2.41. The Morgan fingerprint density at radius 1 is 0.942 bits per heavy atom. The number of rotatable bonds is 16. The summed E-state index contributed by atoms with van der Waals surface area (Å²) in [5.74, 6) is -4.10. The Balaban J connectivity index is 1.54. The number of aromatic amines is 1. The van der Waals surface area contributed by atoms with Gasteiger partial charge in [0.15, 0.2) is 6.10 Å². The van der Waals surface area contributed by atoms with Gasteiger partial charge in [0.1, 0.15) is 24.2 Å². The number of carboxylic acid groups (broad SMARTS) is 1. The standard InChI is InChI=1S/C37H47N5O8S2/c1-22(35(47)48)39-33(45)31(18-24-12-7-6-8-13-24)50-36(49)30-16-11-17-42(30)34(46)29(21-51-52-37(3,4)5)41-32(44)28(40-23(2)43)19-25-20-38-27-15-10-9-14-26(25)27/h6-10,12-15,20,22,28-31,38H,11,16-19,21H2,1-5H3,(H,39,45)(H,40,43)(H,41,44)(H,47,48)/t22-,28-,29-,30-,31-/m0/s1. The number of fused-ring (bicyclic) bond motifs is 1. The molecule has 0 aliphatic carbocycles. The molecule has 4 rings (SSSR count). The van der Waals surface area contributed by atoms with E-state index in [-0.39, 0.29) is 36.3 Å². The zero-order valence-corrected chi connectivity index (χ0v) is 31.6. The Morgan fingerprint density at radius 3 is 2.31 bits per heavy atom. The third-order valence-electron chi connectivity index (χ3n) is 8.30. The van der Waals surface area contributed by atoms with Crippen LogP contribution in [0.4, 0.5) is 0 Å². The summed E-state index contributed by atoms with van der Waals surface area (Å²) in [5, 5.41) is 18.2. The summed E-state index contributed by atoms with van der Waals surface area (Å²) in [6, 6.07) is 12.2. The topological polar surface area (TPSA) is 187 Å². The molecular weight excluding hydrogens is 707 g/mol. The van der Waals surface area contributed by atoms with Gasteiger partial charge in [0.25, 0.3) is 5.91 Å². The van der Waals surface area contributed by atoms with Gasteiger partial charge in [0.2, 0.25) is 17.7 Å². The van der Waals surface area contributed by atoms with Gasteiger partial charge in [-0.25, -0.2) is 4.79 Å². The molecule has 4 amide bonds. The summed E-state index contributed by atoms with van der Waals surface area (Å²) >= 11 is 0. The van der Waals surface area contributed by atoms with E-state index in [0.717, 1.165) is 16.5 Å². The Hall–Kier alpha value is -4.50. The minimum Gasteiger partial charge on any atom is -0.480 e. The van der Waals surface area contributed by atoms with Crippen molar-refractivity contribution in [3.05, 3.63) is 71.9 Å². The summed E-state index contributed by atoms with van der Waals surface area (Å²) in [6.45, 7) is 8.93. The number of carbonyl (C=O) groups is 6. The van der Waals surface area contributed by atoms with Crippen LogP contribution in [0.25, 0.3) is 10.9 Å². The molecule has 1 aliphatic rings. The van der Waals surface area contributed by atoms with E-state index < -0.39 is 65.8 Å².